The van der Waals surface area contributed by atoms with Gasteiger partial charge in [0.1, 0.15) is 5.78 Å². The Morgan fingerprint density at radius 2 is 1.91 bits per heavy atom. The van der Waals surface area contributed by atoms with Gasteiger partial charge < -0.3 is 14.0 Å². The summed E-state index contributed by atoms with van der Waals surface area (Å²) in [6.07, 6.45) is 2.84. The fourth-order valence-corrected chi connectivity index (χ4v) is 7.11. The predicted octanol–water partition coefficient (Wildman–Crippen LogP) is 3.32. The van der Waals surface area contributed by atoms with Gasteiger partial charge in [0.25, 0.3) is 0 Å². The number of hydrogen-bond donors (Lipinski definition) is 1. The molecule has 1 heterocycles. The van der Waals surface area contributed by atoms with Gasteiger partial charge in [-0.1, -0.05) is 19.9 Å². The molecule has 35 heavy (non-hydrogen) atoms. The van der Waals surface area contributed by atoms with Gasteiger partial charge in [0.2, 0.25) is 0 Å². The molecule has 3 atom stereocenters. The van der Waals surface area contributed by atoms with E-state index in [0.717, 1.165) is 19.4 Å². The topological polar surface area (TPSA) is 93.1 Å². The largest absolute Gasteiger partial charge is 0.534 e. The summed E-state index contributed by atoms with van der Waals surface area (Å²) in [5, 5.41) is 12.4. The molecule has 0 aromatic heterocycles. The summed E-state index contributed by atoms with van der Waals surface area (Å²) in [5.41, 5.74) is -8.52. The van der Waals surface area contributed by atoms with Crippen molar-refractivity contribution in [2.45, 2.75) is 74.9 Å². The van der Waals surface area contributed by atoms with Crippen LogP contribution in [0.4, 0.5) is 13.2 Å². The number of hydrogen-bond acceptors (Lipinski definition) is 7. The third kappa shape index (κ3) is 3.60. The van der Waals surface area contributed by atoms with Gasteiger partial charge in [-0.3, -0.25) is 9.69 Å². The maximum atomic E-state index is 13.3. The summed E-state index contributed by atoms with van der Waals surface area (Å²) < 4.78 is 74.1. The Morgan fingerprint density at radius 3 is 2.51 bits per heavy atom. The highest BCUT2D eigenvalue weighted by Gasteiger charge is 2.69. The zero-order valence-electron chi connectivity index (χ0n) is 19.9. The number of rotatable bonds is 5. The van der Waals surface area contributed by atoms with E-state index in [1.807, 2.05) is 0 Å². The van der Waals surface area contributed by atoms with E-state index >= 15 is 0 Å². The Hall–Kier alpha value is -1.85. The van der Waals surface area contributed by atoms with Crippen molar-refractivity contribution in [2.75, 3.05) is 20.2 Å². The Labute approximate surface area is 202 Å². The van der Waals surface area contributed by atoms with Gasteiger partial charge in [0.05, 0.1) is 12.7 Å². The predicted molar refractivity (Wildman–Crippen MR) is 120 cm³/mol. The molecule has 3 unspecified atom stereocenters. The van der Waals surface area contributed by atoms with Gasteiger partial charge in [-0.25, -0.2) is 0 Å². The Balaban J connectivity index is 1.73. The molecule has 2 bridgehead atoms. The highest BCUT2D eigenvalue weighted by atomic mass is 32.2. The van der Waals surface area contributed by atoms with E-state index < -0.39 is 37.8 Å². The van der Waals surface area contributed by atoms with E-state index in [1.165, 1.54) is 13.2 Å². The molecule has 0 spiro atoms. The summed E-state index contributed by atoms with van der Waals surface area (Å²) in [5.74, 6) is -0.346. The molecule has 7 nitrogen and oxygen atoms in total. The maximum Gasteiger partial charge on any atom is 0.534 e. The fraction of sp³-hybridized carbons (Fsp3) is 0.708. The molecule has 11 heteroatoms. The second kappa shape index (κ2) is 7.58. The van der Waals surface area contributed by atoms with Crippen molar-refractivity contribution >= 4 is 15.9 Å². The van der Waals surface area contributed by atoms with Crippen LogP contribution in [0.5, 0.6) is 11.5 Å². The number of aliphatic hydroxyl groups is 1. The number of carbonyl (C=O) groups is 1. The molecular formula is C24H30F3NO6S. The Morgan fingerprint density at radius 1 is 1.23 bits per heavy atom. The van der Waals surface area contributed by atoms with E-state index in [9.17, 15) is 31.5 Å². The first-order valence-electron chi connectivity index (χ1n) is 11.9. The molecule has 3 aliphatic carbocycles. The number of halogens is 3. The zero-order valence-corrected chi connectivity index (χ0v) is 20.8. The van der Waals surface area contributed by atoms with E-state index in [-0.39, 0.29) is 42.4 Å². The summed E-state index contributed by atoms with van der Waals surface area (Å²) in [6.45, 7) is 4.90. The molecule has 1 aromatic rings. The van der Waals surface area contributed by atoms with Gasteiger partial charge in [0, 0.05) is 35.4 Å². The SMILES string of the molecule is COc1ccc2c(c1OS(=O)(=O)C(F)(F)F)C13CCN(CC4CC4)C(C2)C1(O)CC(C)(C)C(=O)C3. The lowest BCUT2D eigenvalue weighted by Crippen LogP contribution is -2.75. The van der Waals surface area contributed by atoms with Crippen molar-refractivity contribution in [3.63, 3.8) is 0 Å². The molecule has 4 aliphatic rings. The molecule has 0 amide bonds. The number of methoxy groups -OCH3 is 1. The molecule has 5 rings (SSSR count). The number of benzene rings is 1. The van der Waals surface area contributed by atoms with Gasteiger partial charge >= 0.3 is 15.6 Å². The number of likely N-dealkylation sites (tertiary alicyclic amines) is 1. The van der Waals surface area contributed by atoms with Crippen molar-refractivity contribution in [2.24, 2.45) is 11.3 Å². The van der Waals surface area contributed by atoms with Gasteiger partial charge in [-0.15, -0.1) is 0 Å². The van der Waals surface area contributed by atoms with E-state index in [0.29, 0.717) is 24.4 Å². The summed E-state index contributed by atoms with van der Waals surface area (Å²) in [7, 11) is -4.81. The Kier molecular flexibility index (Phi) is 5.38. The summed E-state index contributed by atoms with van der Waals surface area (Å²) in [4.78, 5) is 15.6. The van der Waals surface area contributed by atoms with Gasteiger partial charge in [0.15, 0.2) is 11.5 Å². The monoisotopic (exact) mass is 517 g/mol. The fourth-order valence-electron chi connectivity index (χ4n) is 6.63. The first kappa shape index (κ1) is 24.8. The van der Waals surface area contributed by atoms with Crippen molar-refractivity contribution in [1.29, 1.82) is 0 Å². The van der Waals surface area contributed by atoms with E-state index in [1.54, 1.807) is 19.9 Å². The average molecular weight is 518 g/mol. The summed E-state index contributed by atoms with van der Waals surface area (Å²) >= 11 is 0. The highest BCUT2D eigenvalue weighted by molar-refractivity contribution is 7.88. The van der Waals surface area contributed by atoms with Crippen LogP contribution in [0.3, 0.4) is 0 Å². The number of nitrogens with zero attached hydrogens (tertiary/aromatic N) is 1. The maximum absolute atomic E-state index is 13.3. The van der Waals surface area contributed by atoms with Gasteiger partial charge in [-0.2, -0.15) is 21.6 Å². The normalized spacial score (nSPS) is 32.5. The molecule has 1 saturated heterocycles. The number of alkyl halides is 3. The number of carbonyl (C=O) groups excluding carboxylic acids is 1. The van der Waals surface area contributed by atoms with Crippen molar-refractivity contribution in [3.8, 4) is 11.5 Å². The van der Waals surface area contributed by atoms with Gasteiger partial charge in [-0.05, 0) is 56.2 Å². The lowest BCUT2D eigenvalue weighted by atomic mass is 9.45. The van der Waals surface area contributed by atoms with Crippen molar-refractivity contribution in [3.05, 3.63) is 23.3 Å². The van der Waals surface area contributed by atoms with Crippen LogP contribution in [0.1, 0.15) is 57.1 Å². The van der Waals surface area contributed by atoms with Crippen LogP contribution >= 0.6 is 0 Å². The second-order valence-electron chi connectivity index (χ2n) is 11.2. The standard InChI is InChI=1S/C24H30F3NO6S/c1-21(2)13-23(30)17-10-15-6-7-16(33-3)20(34-35(31,32)24(25,26)27)19(15)22(23,11-18(21)29)8-9-28(17)12-14-4-5-14/h6-7,14,17,30H,4-5,8-13H2,1-3H3. The van der Waals surface area contributed by atoms with E-state index in [2.05, 4.69) is 4.90 Å². The first-order valence-corrected chi connectivity index (χ1v) is 13.3. The number of ketones is 1. The molecule has 1 aromatic carbocycles. The van der Waals surface area contributed by atoms with Crippen LogP contribution in [0, 0.1) is 11.3 Å². The van der Waals surface area contributed by atoms with Crippen molar-refractivity contribution < 1.29 is 40.4 Å². The van der Waals surface area contributed by atoms with E-state index in [4.69, 9.17) is 8.92 Å². The van der Waals surface area contributed by atoms with Crippen LogP contribution in [0.25, 0.3) is 0 Å². The number of piperidine rings is 1. The number of fused-ring (bicyclic) bond motifs is 1. The third-order valence-electron chi connectivity index (χ3n) is 8.56. The van der Waals surface area contributed by atoms with Crippen molar-refractivity contribution in [1.82, 2.24) is 4.90 Å². The van der Waals surface area contributed by atoms with Crippen LogP contribution < -0.4 is 8.92 Å². The molecule has 1 N–H and O–H groups in total. The number of Topliss-reactive ketones (excluding diaryl/α,β-unsaturated/α-hetero) is 1. The molecule has 194 valence electrons. The lowest BCUT2D eigenvalue weighted by molar-refractivity contribution is -0.191. The van der Waals surface area contributed by atoms with Crippen LogP contribution in [0.2, 0.25) is 0 Å². The minimum Gasteiger partial charge on any atom is -0.493 e. The van der Waals surface area contributed by atoms with Crippen LogP contribution in [0.15, 0.2) is 12.1 Å². The summed E-state index contributed by atoms with van der Waals surface area (Å²) in [6, 6.07) is 2.72. The average Bonchev–Trinajstić information content (AvgIpc) is 3.54. The molecule has 2 saturated carbocycles. The smallest absolute Gasteiger partial charge is 0.493 e. The van der Waals surface area contributed by atoms with Crippen LogP contribution in [-0.4, -0.2) is 61.6 Å². The molecule has 0 radical (unpaired) electrons. The highest BCUT2D eigenvalue weighted by Crippen LogP contribution is 2.63. The molecular weight excluding hydrogens is 487 g/mol. The second-order valence-corrected chi connectivity index (χ2v) is 12.7. The first-order chi connectivity index (χ1) is 16.2. The van der Waals surface area contributed by atoms with Crippen LogP contribution in [-0.2, 0) is 26.7 Å². The quantitative estimate of drug-likeness (QED) is 0.473. The Bertz CT molecular complexity index is 1180. The minimum atomic E-state index is -6.02. The third-order valence-corrected chi connectivity index (χ3v) is 9.51. The lowest BCUT2D eigenvalue weighted by Gasteiger charge is -2.65. The molecule has 3 fully saturated rings. The zero-order chi connectivity index (χ0) is 25.6. The number of ether oxygens (including phenoxy) is 1. The molecule has 1 aliphatic heterocycles. The minimum absolute atomic E-state index is 0.118.